The number of rotatable bonds is 6. The molecular weight excluding hydrogens is 340 g/mol. The molecule has 3 aromatic rings. The third-order valence-corrected chi connectivity index (χ3v) is 4.12. The first-order valence-corrected chi connectivity index (χ1v) is 8.76. The second kappa shape index (κ2) is 8.31. The lowest BCUT2D eigenvalue weighted by Gasteiger charge is -2.15. The number of hydrogen-bond acceptors (Lipinski definition) is 3. The van der Waals surface area contributed by atoms with Crippen LogP contribution in [0, 0.1) is 6.92 Å². The molecular formula is C21H22N4O2. The summed E-state index contributed by atoms with van der Waals surface area (Å²) in [5.41, 5.74) is 3.24. The Bertz CT molecular complexity index is 935. The molecule has 3 rings (SSSR count). The van der Waals surface area contributed by atoms with Crippen LogP contribution in [0.4, 0.5) is 5.69 Å². The Labute approximate surface area is 158 Å². The molecule has 6 heteroatoms. The first-order chi connectivity index (χ1) is 13.0. The predicted octanol–water partition coefficient (Wildman–Crippen LogP) is 3.00. The van der Waals surface area contributed by atoms with Crippen molar-refractivity contribution in [1.29, 1.82) is 0 Å². The lowest BCUT2D eigenvalue weighted by Crippen LogP contribution is -2.41. The maximum Gasteiger partial charge on any atom is 0.251 e. The number of aromatic nitrogens is 2. The number of carbonyl (C=O) groups excluding carboxylic acids is 2. The highest BCUT2D eigenvalue weighted by molar-refractivity contribution is 6.01. The van der Waals surface area contributed by atoms with E-state index in [1.807, 2.05) is 60.3 Å². The summed E-state index contributed by atoms with van der Waals surface area (Å²) < 4.78 is 1.81. The van der Waals surface area contributed by atoms with E-state index < -0.39 is 6.04 Å². The lowest BCUT2D eigenvalue weighted by atomic mass is 10.1. The van der Waals surface area contributed by atoms with Crippen LogP contribution in [0.3, 0.4) is 0 Å². The molecule has 0 spiro atoms. The quantitative estimate of drug-likeness (QED) is 0.708. The summed E-state index contributed by atoms with van der Waals surface area (Å²) in [7, 11) is 0. The van der Waals surface area contributed by atoms with E-state index >= 15 is 0 Å². The summed E-state index contributed by atoms with van der Waals surface area (Å²) >= 11 is 0. The average Bonchev–Trinajstić information content (AvgIpc) is 3.15. The van der Waals surface area contributed by atoms with Crippen LogP contribution in [0.25, 0.3) is 0 Å². The number of benzene rings is 2. The number of nitrogens with zero attached hydrogens (tertiary/aromatic N) is 2. The van der Waals surface area contributed by atoms with Gasteiger partial charge in [0.15, 0.2) is 0 Å². The van der Waals surface area contributed by atoms with E-state index in [-0.39, 0.29) is 11.8 Å². The molecule has 0 unspecified atom stereocenters. The number of hydrogen-bond donors (Lipinski definition) is 2. The van der Waals surface area contributed by atoms with E-state index in [0.717, 1.165) is 11.1 Å². The van der Waals surface area contributed by atoms with Crippen molar-refractivity contribution in [2.75, 3.05) is 5.32 Å². The smallest absolute Gasteiger partial charge is 0.251 e. The Balaban J connectivity index is 1.60. The van der Waals surface area contributed by atoms with Crippen LogP contribution >= 0.6 is 0 Å². The van der Waals surface area contributed by atoms with Gasteiger partial charge >= 0.3 is 0 Å². The third kappa shape index (κ3) is 5.04. The van der Waals surface area contributed by atoms with Crippen LogP contribution in [0.1, 0.15) is 28.4 Å². The first kappa shape index (κ1) is 18.4. The third-order valence-electron chi connectivity index (χ3n) is 4.12. The molecule has 138 valence electrons. The highest BCUT2D eigenvalue weighted by atomic mass is 16.2. The van der Waals surface area contributed by atoms with Gasteiger partial charge in [0.05, 0.1) is 6.54 Å². The number of aryl methyl sites for hydroxylation is 1. The minimum atomic E-state index is -0.659. The minimum absolute atomic E-state index is 0.270. The van der Waals surface area contributed by atoms with Gasteiger partial charge in [0.25, 0.3) is 5.91 Å². The van der Waals surface area contributed by atoms with Crippen LogP contribution in [0.5, 0.6) is 0 Å². The summed E-state index contributed by atoms with van der Waals surface area (Å²) in [6, 6.07) is 16.0. The van der Waals surface area contributed by atoms with Crippen molar-refractivity contribution in [1.82, 2.24) is 15.1 Å². The molecule has 0 bridgehead atoms. The van der Waals surface area contributed by atoms with E-state index in [9.17, 15) is 9.59 Å². The van der Waals surface area contributed by atoms with Gasteiger partial charge in [0.1, 0.15) is 6.04 Å². The van der Waals surface area contributed by atoms with Crippen LogP contribution in [0.2, 0.25) is 0 Å². The van der Waals surface area contributed by atoms with Gasteiger partial charge in [-0.3, -0.25) is 14.3 Å². The summed E-state index contributed by atoms with van der Waals surface area (Å²) in [4.78, 5) is 24.7. The second-order valence-electron chi connectivity index (χ2n) is 6.46. The molecule has 2 aromatic carbocycles. The largest absolute Gasteiger partial charge is 0.341 e. The second-order valence-corrected chi connectivity index (χ2v) is 6.46. The molecule has 2 amide bonds. The molecule has 0 aliphatic heterocycles. The van der Waals surface area contributed by atoms with Crippen molar-refractivity contribution < 1.29 is 9.59 Å². The van der Waals surface area contributed by atoms with E-state index in [1.165, 1.54) is 0 Å². The molecule has 0 aliphatic rings. The highest BCUT2D eigenvalue weighted by Crippen LogP contribution is 2.12. The molecule has 0 saturated carbocycles. The van der Waals surface area contributed by atoms with Gasteiger partial charge in [0, 0.05) is 23.6 Å². The molecule has 2 N–H and O–H groups in total. The normalized spacial score (nSPS) is 11.6. The fraction of sp³-hybridized carbons (Fsp3) is 0.190. The summed E-state index contributed by atoms with van der Waals surface area (Å²) in [5, 5.41) is 9.76. The van der Waals surface area contributed by atoms with Crippen molar-refractivity contribution in [3.63, 3.8) is 0 Å². The zero-order valence-electron chi connectivity index (χ0n) is 15.3. The fourth-order valence-electron chi connectivity index (χ4n) is 2.71. The summed E-state index contributed by atoms with van der Waals surface area (Å²) in [6.07, 6.45) is 3.61. The Morgan fingerprint density at radius 1 is 1.11 bits per heavy atom. The molecule has 0 aliphatic carbocycles. The van der Waals surface area contributed by atoms with Gasteiger partial charge in [-0.15, -0.1) is 0 Å². The van der Waals surface area contributed by atoms with E-state index in [2.05, 4.69) is 15.7 Å². The zero-order valence-corrected chi connectivity index (χ0v) is 15.3. The topological polar surface area (TPSA) is 76.0 Å². The molecule has 0 radical (unpaired) electrons. The maximum absolute atomic E-state index is 12.4. The molecule has 6 nitrogen and oxygen atoms in total. The number of amides is 2. The number of anilines is 1. The average molecular weight is 362 g/mol. The van der Waals surface area contributed by atoms with Gasteiger partial charge in [-0.05, 0) is 49.7 Å². The van der Waals surface area contributed by atoms with Gasteiger partial charge in [-0.1, -0.05) is 29.8 Å². The van der Waals surface area contributed by atoms with Crippen molar-refractivity contribution in [3.8, 4) is 0 Å². The summed E-state index contributed by atoms with van der Waals surface area (Å²) in [6.45, 7) is 4.20. The predicted molar refractivity (Wildman–Crippen MR) is 105 cm³/mol. The van der Waals surface area contributed by atoms with Crippen molar-refractivity contribution in [2.45, 2.75) is 26.4 Å². The van der Waals surface area contributed by atoms with Crippen molar-refractivity contribution in [3.05, 3.63) is 83.7 Å². The van der Waals surface area contributed by atoms with Gasteiger partial charge < -0.3 is 10.6 Å². The summed E-state index contributed by atoms with van der Waals surface area (Å²) in [5.74, 6) is -0.541. The minimum Gasteiger partial charge on any atom is -0.341 e. The lowest BCUT2D eigenvalue weighted by molar-refractivity contribution is -0.117. The molecule has 1 heterocycles. The Morgan fingerprint density at radius 2 is 1.93 bits per heavy atom. The van der Waals surface area contributed by atoms with Gasteiger partial charge in [-0.25, -0.2) is 0 Å². The van der Waals surface area contributed by atoms with Gasteiger partial charge in [-0.2, -0.15) is 5.10 Å². The Kier molecular flexibility index (Phi) is 5.66. The highest BCUT2D eigenvalue weighted by Gasteiger charge is 2.17. The molecule has 0 fully saturated rings. The van der Waals surface area contributed by atoms with E-state index in [0.29, 0.717) is 17.8 Å². The number of nitrogens with one attached hydrogen (secondary N) is 2. The zero-order chi connectivity index (χ0) is 19.2. The van der Waals surface area contributed by atoms with Crippen molar-refractivity contribution >= 4 is 17.5 Å². The Morgan fingerprint density at radius 3 is 2.67 bits per heavy atom. The molecule has 1 aromatic heterocycles. The standard InChI is InChI=1S/C21H22N4O2/c1-15-6-3-8-18(12-15)21(27)23-16(2)20(26)24-19-9-4-7-17(13-19)14-25-11-5-10-22-25/h3-13,16H,14H2,1-2H3,(H,23,27)(H,24,26)/t16-/m0/s1. The van der Waals surface area contributed by atoms with E-state index in [1.54, 1.807) is 25.3 Å². The molecule has 1 atom stereocenters. The van der Waals surface area contributed by atoms with Gasteiger partial charge in [0.2, 0.25) is 5.91 Å². The van der Waals surface area contributed by atoms with Crippen LogP contribution in [-0.4, -0.2) is 27.6 Å². The van der Waals surface area contributed by atoms with Crippen LogP contribution in [0.15, 0.2) is 67.0 Å². The molecule has 0 saturated heterocycles. The maximum atomic E-state index is 12.4. The molecule has 27 heavy (non-hydrogen) atoms. The SMILES string of the molecule is Cc1cccc(C(=O)N[C@@H](C)C(=O)Nc2cccc(Cn3cccn3)c2)c1. The monoisotopic (exact) mass is 362 g/mol. The van der Waals surface area contributed by atoms with E-state index in [4.69, 9.17) is 0 Å². The first-order valence-electron chi connectivity index (χ1n) is 8.76. The van der Waals surface area contributed by atoms with Crippen LogP contribution < -0.4 is 10.6 Å². The Hall–Kier alpha value is -3.41. The number of carbonyl (C=O) groups is 2. The van der Waals surface area contributed by atoms with Crippen LogP contribution in [-0.2, 0) is 11.3 Å². The fourth-order valence-corrected chi connectivity index (χ4v) is 2.71. The van der Waals surface area contributed by atoms with Crippen molar-refractivity contribution in [2.24, 2.45) is 0 Å².